The first-order valence-corrected chi connectivity index (χ1v) is 2.45. The Balaban J connectivity index is 0.000000640. The van der Waals surface area contributed by atoms with Gasteiger partial charge in [-0.3, -0.25) is 0 Å². The Morgan fingerprint density at radius 1 is 1.56 bits per heavy atom. The molecule has 4 heteroatoms. The minimum Gasteiger partial charge on any atom is -0.492 e. The van der Waals surface area contributed by atoms with Gasteiger partial charge in [-0.15, -0.1) is 17.5 Å². The lowest BCUT2D eigenvalue weighted by atomic mass is 10.1. The van der Waals surface area contributed by atoms with Crippen molar-refractivity contribution in [2.75, 3.05) is 0 Å². The van der Waals surface area contributed by atoms with Gasteiger partial charge in [-0.05, 0) is 13.8 Å². The number of azo groups is 1. The summed E-state index contributed by atoms with van der Waals surface area (Å²) in [6, 6.07) is 0. The largest absolute Gasteiger partial charge is 0.492 e. The second-order valence-corrected chi connectivity index (χ2v) is 2.36. The highest BCUT2D eigenvalue weighted by molar-refractivity contribution is 5.85. The quantitative estimate of drug-likeness (QED) is 0.562. The van der Waals surface area contributed by atoms with Crippen LogP contribution in [0.25, 0.3) is 0 Å². The molecule has 1 N–H and O–H groups in total. The van der Waals surface area contributed by atoms with E-state index in [1.54, 1.807) is 6.08 Å². The minimum absolute atomic E-state index is 0. The summed E-state index contributed by atoms with van der Waals surface area (Å²) >= 11 is 0. The second kappa shape index (κ2) is 2.35. The minimum atomic E-state index is -0.288. The van der Waals surface area contributed by atoms with Crippen molar-refractivity contribution in [2.24, 2.45) is 10.2 Å². The van der Waals surface area contributed by atoms with Crippen LogP contribution in [0.2, 0.25) is 0 Å². The molecule has 3 nitrogen and oxygen atoms in total. The van der Waals surface area contributed by atoms with Crippen molar-refractivity contribution in [3.63, 3.8) is 0 Å². The van der Waals surface area contributed by atoms with Crippen LogP contribution in [-0.4, -0.2) is 10.6 Å². The van der Waals surface area contributed by atoms with E-state index in [1.807, 2.05) is 13.8 Å². The van der Waals surface area contributed by atoms with Crippen LogP contribution in [0.5, 0.6) is 0 Å². The number of rotatable bonds is 0. The number of hydrogen-bond acceptors (Lipinski definition) is 3. The first-order valence-electron chi connectivity index (χ1n) is 2.45. The van der Waals surface area contributed by atoms with Gasteiger partial charge in [-0.2, -0.15) is 5.11 Å². The highest BCUT2D eigenvalue weighted by Crippen LogP contribution is 2.20. The number of halogens is 1. The maximum atomic E-state index is 8.67. The fraction of sp³-hybridized carbons (Fsp3) is 0.600. The van der Waals surface area contributed by atoms with Crippen molar-refractivity contribution in [2.45, 2.75) is 19.4 Å². The first kappa shape index (κ1) is 8.43. The molecule has 0 saturated heterocycles. The maximum Gasteiger partial charge on any atom is 0.228 e. The van der Waals surface area contributed by atoms with Crippen molar-refractivity contribution < 1.29 is 5.11 Å². The molecule has 0 aliphatic carbocycles. The van der Waals surface area contributed by atoms with Crippen LogP contribution in [0.1, 0.15) is 13.8 Å². The molecule has 0 fully saturated rings. The van der Waals surface area contributed by atoms with Crippen LogP contribution in [0.4, 0.5) is 0 Å². The molecule has 0 aromatic heterocycles. The van der Waals surface area contributed by atoms with Gasteiger partial charge in [0.1, 0.15) is 0 Å². The Hall–Kier alpha value is -0.570. The lowest BCUT2D eigenvalue weighted by molar-refractivity contribution is 0.405. The van der Waals surface area contributed by atoms with E-state index < -0.39 is 0 Å². The average Bonchev–Trinajstić information content (AvgIpc) is 1.82. The summed E-state index contributed by atoms with van der Waals surface area (Å²) in [6.45, 7) is 3.75. The van der Waals surface area contributed by atoms with Gasteiger partial charge in [-0.1, -0.05) is 0 Å². The molecule has 0 radical (unpaired) electrons. The van der Waals surface area contributed by atoms with Crippen LogP contribution >= 0.6 is 12.4 Å². The van der Waals surface area contributed by atoms with E-state index in [0.717, 1.165) is 0 Å². The predicted molar refractivity (Wildman–Crippen MR) is 36.9 cm³/mol. The molecule has 0 spiro atoms. The Bertz CT molecular complexity index is 162. The van der Waals surface area contributed by atoms with Crippen molar-refractivity contribution in [3.05, 3.63) is 12.0 Å². The highest BCUT2D eigenvalue weighted by Gasteiger charge is 2.19. The van der Waals surface area contributed by atoms with E-state index in [2.05, 4.69) is 10.2 Å². The van der Waals surface area contributed by atoms with Gasteiger partial charge in [0.2, 0.25) is 5.88 Å². The molecule has 0 unspecified atom stereocenters. The smallest absolute Gasteiger partial charge is 0.228 e. The molecule has 1 rings (SSSR count). The molecule has 0 amide bonds. The van der Waals surface area contributed by atoms with Gasteiger partial charge in [0, 0.05) is 6.08 Å². The van der Waals surface area contributed by atoms with E-state index in [1.165, 1.54) is 0 Å². The first-order chi connectivity index (χ1) is 3.60. The Kier molecular flexibility index (Phi) is 2.20. The standard InChI is InChI=1S/C5H8N2O.ClH/c1-5(2)3-4(8)6-7-5;/h3,8H,1-2H3;1H. The van der Waals surface area contributed by atoms with Crippen LogP contribution in [-0.2, 0) is 0 Å². The molecule has 9 heavy (non-hydrogen) atoms. The van der Waals surface area contributed by atoms with Crippen molar-refractivity contribution >= 4 is 12.4 Å². The summed E-state index contributed by atoms with van der Waals surface area (Å²) in [4.78, 5) is 0. The fourth-order valence-electron chi connectivity index (χ4n) is 0.554. The Labute approximate surface area is 59.9 Å². The van der Waals surface area contributed by atoms with Crippen LogP contribution in [0.15, 0.2) is 22.2 Å². The lowest BCUT2D eigenvalue weighted by Crippen LogP contribution is -2.07. The van der Waals surface area contributed by atoms with Crippen LogP contribution < -0.4 is 0 Å². The summed E-state index contributed by atoms with van der Waals surface area (Å²) in [5.41, 5.74) is -0.288. The summed E-state index contributed by atoms with van der Waals surface area (Å²) in [5, 5.41) is 15.8. The van der Waals surface area contributed by atoms with E-state index in [9.17, 15) is 0 Å². The monoisotopic (exact) mass is 148 g/mol. The van der Waals surface area contributed by atoms with Gasteiger partial charge in [0.15, 0.2) is 0 Å². The molecule has 0 aromatic rings. The van der Waals surface area contributed by atoms with Crippen molar-refractivity contribution in [3.8, 4) is 0 Å². The number of nitrogens with zero attached hydrogens (tertiary/aromatic N) is 2. The SMILES string of the molecule is CC1(C)C=C(O)N=N1.Cl. The molecule has 1 aliphatic heterocycles. The van der Waals surface area contributed by atoms with Crippen molar-refractivity contribution in [1.82, 2.24) is 0 Å². The fourth-order valence-corrected chi connectivity index (χ4v) is 0.554. The zero-order chi connectivity index (χ0) is 6.20. The third-order valence-corrected chi connectivity index (χ3v) is 0.893. The van der Waals surface area contributed by atoms with E-state index in [0.29, 0.717) is 0 Å². The summed E-state index contributed by atoms with van der Waals surface area (Å²) in [5.74, 6) is 0.0231. The third kappa shape index (κ3) is 2.01. The van der Waals surface area contributed by atoms with Gasteiger partial charge < -0.3 is 5.11 Å². The molecular formula is C5H9ClN2O. The third-order valence-electron chi connectivity index (χ3n) is 0.893. The Morgan fingerprint density at radius 3 is 2.22 bits per heavy atom. The van der Waals surface area contributed by atoms with Gasteiger partial charge in [0.05, 0.1) is 5.54 Å². The average molecular weight is 149 g/mol. The van der Waals surface area contributed by atoms with Crippen LogP contribution in [0.3, 0.4) is 0 Å². The van der Waals surface area contributed by atoms with E-state index >= 15 is 0 Å². The molecule has 52 valence electrons. The molecule has 1 heterocycles. The molecule has 0 aromatic carbocycles. The summed E-state index contributed by atoms with van der Waals surface area (Å²) in [6.07, 6.45) is 1.60. The summed E-state index contributed by atoms with van der Waals surface area (Å²) in [7, 11) is 0. The molecule has 0 saturated carbocycles. The van der Waals surface area contributed by atoms with Gasteiger partial charge >= 0.3 is 0 Å². The van der Waals surface area contributed by atoms with Crippen LogP contribution in [0, 0.1) is 0 Å². The van der Waals surface area contributed by atoms with Gasteiger partial charge in [0.25, 0.3) is 0 Å². The second-order valence-electron chi connectivity index (χ2n) is 2.36. The maximum absolute atomic E-state index is 8.67. The highest BCUT2D eigenvalue weighted by atomic mass is 35.5. The van der Waals surface area contributed by atoms with Gasteiger partial charge in [-0.25, -0.2) is 0 Å². The molecular weight excluding hydrogens is 140 g/mol. The Morgan fingerprint density at radius 2 is 2.11 bits per heavy atom. The zero-order valence-electron chi connectivity index (χ0n) is 5.33. The zero-order valence-corrected chi connectivity index (χ0v) is 6.14. The normalized spacial score (nSPS) is 20.9. The number of aliphatic hydroxyl groups excluding tert-OH is 1. The van der Waals surface area contributed by atoms with E-state index in [4.69, 9.17) is 5.11 Å². The molecule has 0 atom stereocenters. The molecule has 0 bridgehead atoms. The summed E-state index contributed by atoms with van der Waals surface area (Å²) < 4.78 is 0. The van der Waals surface area contributed by atoms with E-state index in [-0.39, 0.29) is 23.8 Å². The molecule has 1 aliphatic rings. The topological polar surface area (TPSA) is 45.0 Å². The predicted octanol–water partition coefficient (Wildman–Crippen LogP) is 2.05. The lowest BCUT2D eigenvalue weighted by Gasteiger charge is -2.03. The number of aliphatic hydroxyl groups is 1. The number of hydrogen-bond donors (Lipinski definition) is 1. The van der Waals surface area contributed by atoms with Crippen molar-refractivity contribution in [1.29, 1.82) is 0 Å².